The van der Waals surface area contributed by atoms with Gasteiger partial charge in [0.05, 0.1) is 5.69 Å². The number of piperidine rings is 1. The number of likely N-dealkylation sites (tertiary alicyclic amines) is 1. The monoisotopic (exact) mass is 340 g/mol. The molecule has 2 fully saturated rings. The van der Waals surface area contributed by atoms with Crippen molar-refractivity contribution in [2.24, 2.45) is 18.2 Å². The largest absolute Gasteiger partial charge is 0.327 e. The standard InChI is InChI=1S/C18H32N4.ClH/c1-18(2)13-22(10-9-16(18)19)12-15-11-21(3)20-17(15)14-7-5-4-6-8-14;/h11,14,16H,4-10,12-13,19H2,1-3H3;1H. The molecule has 1 unspecified atom stereocenters. The number of aromatic nitrogens is 2. The molecular formula is C18H33ClN4. The average Bonchev–Trinajstić information content (AvgIpc) is 2.84. The Bertz CT molecular complexity index is 505. The molecule has 1 aliphatic heterocycles. The Labute approximate surface area is 147 Å². The second kappa shape index (κ2) is 7.54. The van der Waals surface area contributed by atoms with Crippen molar-refractivity contribution in [3.05, 3.63) is 17.5 Å². The van der Waals surface area contributed by atoms with Gasteiger partial charge in [-0.25, -0.2) is 0 Å². The first-order chi connectivity index (χ1) is 10.5. The number of aryl methyl sites for hydroxylation is 1. The van der Waals surface area contributed by atoms with Crippen LogP contribution in [-0.4, -0.2) is 33.8 Å². The molecule has 4 nitrogen and oxygen atoms in total. The molecular weight excluding hydrogens is 308 g/mol. The molecule has 1 atom stereocenters. The number of nitrogens with zero attached hydrogens (tertiary/aromatic N) is 3. The highest BCUT2D eigenvalue weighted by Gasteiger charge is 2.34. The van der Waals surface area contributed by atoms with Crippen molar-refractivity contribution >= 4 is 12.4 Å². The van der Waals surface area contributed by atoms with Crippen LogP contribution in [-0.2, 0) is 13.6 Å². The van der Waals surface area contributed by atoms with Crippen LogP contribution in [0.3, 0.4) is 0 Å². The summed E-state index contributed by atoms with van der Waals surface area (Å²) < 4.78 is 2.01. The Morgan fingerprint density at radius 1 is 1.22 bits per heavy atom. The van der Waals surface area contributed by atoms with E-state index in [0.717, 1.165) is 26.1 Å². The lowest BCUT2D eigenvalue weighted by Gasteiger charge is -2.42. The van der Waals surface area contributed by atoms with Crippen LogP contribution in [0.15, 0.2) is 6.20 Å². The molecule has 0 aromatic carbocycles. The van der Waals surface area contributed by atoms with Crippen LogP contribution in [0.25, 0.3) is 0 Å². The molecule has 0 spiro atoms. The Kier molecular flexibility index (Phi) is 6.15. The molecule has 132 valence electrons. The van der Waals surface area contributed by atoms with Gasteiger partial charge in [-0.2, -0.15) is 5.10 Å². The maximum atomic E-state index is 6.28. The van der Waals surface area contributed by atoms with Crippen LogP contribution in [0.2, 0.25) is 0 Å². The van der Waals surface area contributed by atoms with Gasteiger partial charge >= 0.3 is 0 Å². The fourth-order valence-corrected chi connectivity index (χ4v) is 4.26. The van der Waals surface area contributed by atoms with Crippen molar-refractivity contribution < 1.29 is 0 Å². The van der Waals surface area contributed by atoms with Crippen LogP contribution in [0.5, 0.6) is 0 Å². The zero-order valence-electron chi connectivity index (χ0n) is 14.9. The first kappa shape index (κ1) is 18.8. The summed E-state index contributed by atoms with van der Waals surface area (Å²) in [6.45, 7) is 7.84. The predicted octanol–water partition coefficient (Wildman–Crippen LogP) is 3.45. The third-order valence-corrected chi connectivity index (χ3v) is 5.71. The van der Waals surface area contributed by atoms with Crippen LogP contribution < -0.4 is 5.73 Å². The van der Waals surface area contributed by atoms with E-state index in [1.807, 2.05) is 4.68 Å². The third kappa shape index (κ3) is 4.28. The van der Waals surface area contributed by atoms with E-state index >= 15 is 0 Å². The average molecular weight is 341 g/mol. The van der Waals surface area contributed by atoms with Crippen molar-refractivity contribution in [2.45, 2.75) is 70.9 Å². The molecule has 5 heteroatoms. The molecule has 1 saturated heterocycles. The molecule has 3 rings (SSSR count). The summed E-state index contributed by atoms with van der Waals surface area (Å²) in [5.41, 5.74) is 9.30. The summed E-state index contributed by atoms with van der Waals surface area (Å²) >= 11 is 0. The second-order valence-corrected chi connectivity index (χ2v) is 8.14. The zero-order chi connectivity index (χ0) is 15.7. The van der Waals surface area contributed by atoms with Crippen LogP contribution in [0, 0.1) is 5.41 Å². The normalized spacial score (nSPS) is 26.0. The number of halogens is 1. The lowest BCUT2D eigenvalue weighted by Crippen LogP contribution is -2.52. The van der Waals surface area contributed by atoms with Crippen LogP contribution in [0.4, 0.5) is 0 Å². The van der Waals surface area contributed by atoms with Gasteiger partial charge in [-0.05, 0) is 24.7 Å². The summed E-state index contributed by atoms with van der Waals surface area (Å²) in [6, 6.07) is 0.329. The molecule has 2 aliphatic rings. The van der Waals surface area contributed by atoms with Gasteiger partial charge < -0.3 is 5.73 Å². The van der Waals surface area contributed by atoms with Crippen molar-refractivity contribution in [3.63, 3.8) is 0 Å². The zero-order valence-corrected chi connectivity index (χ0v) is 15.7. The molecule has 0 radical (unpaired) electrons. The highest BCUT2D eigenvalue weighted by Crippen LogP contribution is 2.35. The maximum absolute atomic E-state index is 6.28. The molecule has 23 heavy (non-hydrogen) atoms. The SMILES string of the molecule is Cl.Cn1cc(CN2CCC(N)C(C)(C)C2)c(C2CCCCC2)n1. The van der Waals surface area contributed by atoms with E-state index in [9.17, 15) is 0 Å². The smallest absolute Gasteiger partial charge is 0.0700 e. The molecule has 2 N–H and O–H groups in total. The minimum absolute atomic E-state index is 0. The summed E-state index contributed by atoms with van der Waals surface area (Å²) in [5, 5.41) is 4.82. The van der Waals surface area contributed by atoms with E-state index in [1.165, 1.54) is 43.4 Å². The molecule has 1 aromatic heterocycles. The van der Waals surface area contributed by atoms with Gasteiger partial charge in [-0.3, -0.25) is 9.58 Å². The van der Waals surface area contributed by atoms with Gasteiger partial charge in [-0.15, -0.1) is 12.4 Å². The summed E-state index contributed by atoms with van der Waals surface area (Å²) in [5.74, 6) is 0.685. The lowest BCUT2D eigenvalue weighted by molar-refractivity contribution is 0.0895. The van der Waals surface area contributed by atoms with Gasteiger partial charge in [0.15, 0.2) is 0 Å². The Morgan fingerprint density at radius 3 is 2.57 bits per heavy atom. The summed E-state index contributed by atoms with van der Waals surface area (Å²) in [7, 11) is 2.06. The fraction of sp³-hybridized carbons (Fsp3) is 0.833. The van der Waals surface area contributed by atoms with Gasteiger partial charge in [0.25, 0.3) is 0 Å². The van der Waals surface area contributed by atoms with E-state index in [0.29, 0.717) is 12.0 Å². The van der Waals surface area contributed by atoms with Gasteiger partial charge in [0, 0.05) is 50.4 Å². The maximum Gasteiger partial charge on any atom is 0.0700 e. The fourth-order valence-electron chi connectivity index (χ4n) is 4.26. The van der Waals surface area contributed by atoms with E-state index in [-0.39, 0.29) is 17.8 Å². The number of hydrogen-bond acceptors (Lipinski definition) is 3. The topological polar surface area (TPSA) is 47.1 Å². The molecule has 1 aliphatic carbocycles. The van der Waals surface area contributed by atoms with Crippen molar-refractivity contribution in [3.8, 4) is 0 Å². The van der Waals surface area contributed by atoms with Crippen molar-refractivity contribution in [1.82, 2.24) is 14.7 Å². The summed E-state index contributed by atoms with van der Waals surface area (Å²) in [4.78, 5) is 2.58. The molecule has 2 heterocycles. The van der Waals surface area contributed by atoms with Gasteiger partial charge in [0.1, 0.15) is 0 Å². The minimum atomic E-state index is 0. The Hall–Kier alpha value is -0.580. The molecule has 1 aromatic rings. The lowest BCUT2D eigenvalue weighted by atomic mass is 9.79. The van der Waals surface area contributed by atoms with Crippen LogP contribution in [0.1, 0.15) is 69.5 Å². The summed E-state index contributed by atoms with van der Waals surface area (Å²) in [6.07, 6.45) is 10.1. The van der Waals surface area contributed by atoms with Crippen molar-refractivity contribution in [2.75, 3.05) is 13.1 Å². The quantitative estimate of drug-likeness (QED) is 0.916. The predicted molar refractivity (Wildman–Crippen MR) is 97.9 cm³/mol. The van der Waals surface area contributed by atoms with E-state index < -0.39 is 0 Å². The minimum Gasteiger partial charge on any atom is -0.327 e. The Balaban J connectivity index is 0.00000192. The molecule has 1 saturated carbocycles. The third-order valence-electron chi connectivity index (χ3n) is 5.71. The highest BCUT2D eigenvalue weighted by atomic mass is 35.5. The second-order valence-electron chi connectivity index (χ2n) is 8.14. The van der Waals surface area contributed by atoms with E-state index in [2.05, 4.69) is 32.0 Å². The number of hydrogen-bond donors (Lipinski definition) is 1. The van der Waals surface area contributed by atoms with E-state index in [1.54, 1.807) is 0 Å². The van der Waals surface area contributed by atoms with Gasteiger partial charge in [0.2, 0.25) is 0 Å². The molecule has 0 amide bonds. The Morgan fingerprint density at radius 2 is 1.91 bits per heavy atom. The van der Waals surface area contributed by atoms with Crippen molar-refractivity contribution in [1.29, 1.82) is 0 Å². The first-order valence-corrected chi connectivity index (χ1v) is 8.96. The van der Waals surface area contributed by atoms with Crippen LogP contribution >= 0.6 is 12.4 Å². The van der Waals surface area contributed by atoms with Gasteiger partial charge in [-0.1, -0.05) is 33.1 Å². The number of rotatable bonds is 3. The molecule has 0 bridgehead atoms. The van der Waals surface area contributed by atoms with E-state index in [4.69, 9.17) is 10.8 Å². The highest BCUT2D eigenvalue weighted by molar-refractivity contribution is 5.85. The number of nitrogens with two attached hydrogens (primary N) is 1. The first-order valence-electron chi connectivity index (χ1n) is 8.96.